The molecule has 29 heteroatoms. The molecule has 1 fully saturated rings. The average Bonchev–Trinajstić information content (AvgIpc) is 3.89. The van der Waals surface area contributed by atoms with Crippen LogP contribution in [0, 0.1) is 13.8 Å². The highest BCUT2D eigenvalue weighted by atomic mass is 31.3. The number of nitrogens with one attached hydrogen (secondary N) is 3. The van der Waals surface area contributed by atoms with E-state index in [9.17, 15) is 63.6 Å². The van der Waals surface area contributed by atoms with Gasteiger partial charge in [-0.15, -0.1) is 0 Å². The topological polar surface area (TPSA) is 401 Å². The minimum Gasteiger partial charge on any atom is -0.388 e. The first-order valence-electron chi connectivity index (χ1n) is 21.8. The summed E-state index contributed by atoms with van der Waals surface area (Å²) in [4.78, 5) is 93.1. The Balaban J connectivity index is 0.913. The smallest absolute Gasteiger partial charge is 0.388 e. The number of ether oxygens (including phenoxy) is 1. The van der Waals surface area contributed by atoms with Gasteiger partial charge >= 0.3 is 21.3 Å². The minimum atomic E-state index is -5.64. The number of H-pyrrole nitrogens is 2. The van der Waals surface area contributed by atoms with Crippen molar-refractivity contribution >= 4 is 73.0 Å². The highest BCUT2D eigenvalue weighted by Crippen LogP contribution is 2.60. The first-order valence-corrected chi connectivity index (χ1v) is 24.8. The zero-order valence-electron chi connectivity index (χ0n) is 38.0. The van der Waals surface area contributed by atoms with Crippen LogP contribution in [0.5, 0.6) is 0 Å². The molecule has 0 aliphatic carbocycles. The van der Waals surface area contributed by atoms with Gasteiger partial charge in [-0.25, -0.2) is 28.9 Å². The first kappa shape index (κ1) is 51.8. The quantitative estimate of drug-likeness (QED) is 0.0536. The summed E-state index contributed by atoms with van der Waals surface area (Å²) in [5.41, 5.74) is 6.90. The molecule has 3 aromatic heterocycles. The van der Waals surface area contributed by atoms with Gasteiger partial charge in [-0.2, -0.15) is 4.31 Å². The Bertz CT molecular complexity index is 3230. The summed E-state index contributed by atoms with van der Waals surface area (Å²) >= 11 is 0. The number of imidazole rings is 1. The van der Waals surface area contributed by atoms with E-state index in [1.54, 1.807) is 74.5 Å². The minimum absolute atomic E-state index is 0.0137. The van der Waals surface area contributed by atoms with E-state index < -0.39 is 95.4 Å². The number of nitrogen functional groups attached to an aromatic ring is 1. The van der Waals surface area contributed by atoms with Crippen molar-refractivity contribution < 1.29 is 72.1 Å². The fraction of sp³-hybridized carbons (Fsp3) is 0.326. The molecule has 0 radical (unpaired) electrons. The van der Waals surface area contributed by atoms with E-state index in [2.05, 4.69) is 39.1 Å². The van der Waals surface area contributed by atoms with Gasteiger partial charge in [0.2, 0.25) is 5.91 Å². The van der Waals surface area contributed by atoms with Gasteiger partial charge in [0.05, 0.1) is 37.5 Å². The van der Waals surface area contributed by atoms with Crippen LogP contribution in [-0.4, -0.2) is 133 Å². The van der Waals surface area contributed by atoms with Gasteiger partial charge in [-0.3, -0.25) is 42.9 Å². The second-order valence-electron chi connectivity index (χ2n) is 16.8. The van der Waals surface area contributed by atoms with E-state index >= 15 is 0 Å². The molecular formula is C43H48N10O17P2. The predicted octanol–water partition coefficient (Wildman–Crippen LogP) is 1.06. The van der Waals surface area contributed by atoms with Crippen LogP contribution in [0.15, 0.2) is 89.0 Å². The van der Waals surface area contributed by atoms with Crippen molar-refractivity contribution in [1.29, 1.82) is 0 Å². The van der Waals surface area contributed by atoms with Crippen LogP contribution in [0.4, 0.5) is 34.4 Å². The lowest BCUT2D eigenvalue weighted by Gasteiger charge is -2.39. The van der Waals surface area contributed by atoms with Crippen molar-refractivity contribution in [2.24, 2.45) is 0 Å². The number of anilines is 6. The summed E-state index contributed by atoms with van der Waals surface area (Å²) in [6, 6.07) is 18.7. The predicted molar refractivity (Wildman–Crippen MR) is 253 cm³/mol. The number of fused-ring (bicyclic) bond motifs is 3. The Labute approximate surface area is 406 Å². The molecule has 12 N–H and O–H groups in total. The molecule has 6 aromatic rings. The number of phosphoric ester groups is 2. The van der Waals surface area contributed by atoms with Crippen molar-refractivity contribution in [3.63, 3.8) is 0 Å². The number of benzene rings is 3. The second-order valence-corrected chi connectivity index (χ2v) is 19.8. The number of phosphoric acid groups is 2. The fourth-order valence-corrected chi connectivity index (χ4v) is 10.1. The molecule has 5 heterocycles. The molecule has 1 saturated heterocycles. The number of aliphatic hydroxyl groups excluding tert-OH is 5. The summed E-state index contributed by atoms with van der Waals surface area (Å²) < 4.78 is 46.1. The molecule has 9 atom stereocenters. The van der Waals surface area contributed by atoms with E-state index in [0.717, 1.165) is 11.2 Å². The Morgan fingerprint density at radius 1 is 0.889 bits per heavy atom. The molecule has 382 valence electrons. The Hall–Kier alpha value is -6.55. The lowest BCUT2D eigenvalue weighted by Crippen LogP contribution is -2.48. The van der Waals surface area contributed by atoms with E-state index in [-0.39, 0.29) is 58.6 Å². The number of β-amino-alcohol motifs (C(OH)–C–C–N with tert-alkyl or cyclic N) is 1. The maximum absolute atomic E-state index is 14.3. The van der Waals surface area contributed by atoms with Crippen LogP contribution in [0.25, 0.3) is 11.2 Å². The number of rotatable bonds is 18. The molecule has 2 amide bonds. The molecule has 0 bridgehead atoms. The standard InChI is InChI=1S/C43H48N10O17P2/c1-21-13-26-27(14-22(21)2)53(31(56)12-11-23-7-6-8-24(15-23)40(60)48-25-9-4-3-5-10-25)33-39(49-43(62)50-41(33)61)51(26)16-28(54)34(57)29(55)17-67-71(63,64)70-72(65,66)68-18-30-35(58)36(59)42(69-30)52-20-47-32-37(44)45-19-46-38(32)52/h3-10,13-15,19-20,28-30,34-36,42,54-55,57-59H,11-12,16-18H2,1-2H3,(H,48,60)(H,63,64)(H,65,66)(H2,44,45,46)(H2,49,50,61,62)/t28-,29+,30+,34-,35+,36+,42+/m0/s1. The molecule has 3 aromatic carbocycles. The van der Waals surface area contributed by atoms with Gasteiger partial charge in [0, 0.05) is 17.7 Å². The number of carbonyl (C=O) groups is 2. The third kappa shape index (κ3) is 11.1. The third-order valence-corrected chi connectivity index (χ3v) is 14.4. The summed E-state index contributed by atoms with van der Waals surface area (Å²) in [7, 11) is -11.2. The first-order chi connectivity index (χ1) is 34.1. The van der Waals surface area contributed by atoms with Crippen molar-refractivity contribution in [3.05, 3.63) is 122 Å². The largest absolute Gasteiger partial charge is 0.481 e. The molecule has 2 unspecified atom stereocenters. The van der Waals surface area contributed by atoms with Gasteiger partial charge in [-0.1, -0.05) is 30.3 Å². The van der Waals surface area contributed by atoms with E-state index in [1.165, 1.54) is 15.8 Å². The Morgan fingerprint density at radius 3 is 2.33 bits per heavy atom. The highest BCUT2D eigenvalue weighted by molar-refractivity contribution is 7.61. The molecule has 72 heavy (non-hydrogen) atoms. The van der Waals surface area contributed by atoms with E-state index in [1.807, 2.05) is 6.07 Å². The third-order valence-electron chi connectivity index (χ3n) is 11.8. The van der Waals surface area contributed by atoms with E-state index in [4.69, 9.17) is 15.0 Å². The highest BCUT2D eigenvalue weighted by Gasteiger charge is 2.47. The molecule has 27 nitrogen and oxygen atoms in total. The van der Waals surface area contributed by atoms with Gasteiger partial charge in [0.25, 0.3) is 11.5 Å². The van der Waals surface area contributed by atoms with Crippen molar-refractivity contribution in [1.82, 2.24) is 29.5 Å². The number of hydrogen-bond donors (Lipinski definition) is 11. The second kappa shape index (κ2) is 20.9. The molecule has 2 aliphatic heterocycles. The lowest BCUT2D eigenvalue weighted by molar-refractivity contribution is -0.117. The van der Waals surface area contributed by atoms with Gasteiger partial charge in [0.1, 0.15) is 54.3 Å². The number of carbonyl (C=O) groups excluding carboxylic acids is 2. The van der Waals surface area contributed by atoms with Crippen LogP contribution in [0.1, 0.15) is 39.7 Å². The summed E-state index contributed by atoms with van der Waals surface area (Å²) in [6.07, 6.45) is -10.5. The van der Waals surface area contributed by atoms with Crippen molar-refractivity contribution in [2.75, 3.05) is 40.6 Å². The number of aliphatic hydroxyl groups is 5. The van der Waals surface area contributed by atoms with Crippen LogP contribution in [-0.2, 0) is 38.4 Å². The van der Waals surface area contributed by atoms with Crippen molar-refractivity contribution in [2.45, 2.75) is 69.5 Å². The Kier molecular flexibility index (Phi) is 15.0. The summed E-state index contributed by atoms with van der Waals surface area (Å²) in [5, 5.41) is 57.3. The molecule has 8 rings (SSSR count). The number of aryl methyl sites for hydroxylation is 3. The number of amides is 2. The molecule has 0 saturated carbocycles. The number of aromatic nitrogens is 6. The maximum Gasteiger partial charge on any atom is 0.481 e. The number of nitrogens with two attached hydrogens (primary N) is 1. The zero-order chi connectivity index (χ0) is 51.8. The zero-order valence-corrected chi connectivity index (χ0v) is 39.7. The van der Waals surface area contributed by atoms with Gasteiger partial charge < -0.3 is 56.0 Å². The van der Waals surface area contributed by atoms with Crippen LogP contribution in [0.2, 0.25) is 0 Å². The SMILES string of the molecule is Cc1cc2c(cc1C)N(C(=O)CCc1cccc(C(=O)Nc3ccccc3)c1)c1c([nH]c(=O)[nH]c1=O)N2C[C@H](O)[C@H](O)[C@H](O)COP(=O)(O)OP(=O)(O)OC[C@H]1O[C@@H](n2cnc3c(N)ncnc32)[C@H](O)[C@@H]1O. The van der Waals surface area contributed by atoms with Crippen LogP contribution in [0.3, 0.4) is 0 Å². The molecule has 0 spiro atoms. The lowest BCUT2D eigenvalue weighted by atomic mass is 10.0. The van der Waals surface area contributed by atoms with Crippen LogP contribution < -0.4 is 32.1 Å². The summed E-state index contributed by atoms with van der Waals surface area (Å²) in [5.74, 6) is -1.25. The van der Waals surface area contributed by atoms with Gasteiger partial charge in [-0.05, 0) is 73.4 Å². The molecular weight excluding hydrogens is 990 g/mol. The summed E-state index contributed by atoms with van der Waals surface area (Å²) in [6.45, 7) is 0.488. The number of hydrogen-bond acceptors (Lipinski definition) is 20. The van der Waals surface area contributed by atoms with Gasteiger partial charge in [0.15, 0.2) is 23.4 Å². The Morgan fingerprint density at radius 2 is 1.60 bits per heavy atom. The number of aromatic amines is 2. The monoisotopic (exact) mass is 1040 g/mol. The van der Waals surface area contributed by atoms with Crippen LogP contribution >= 0.6 is 15.6 Å². The normalized spacial score (nSPS) is 20.5. The number of para-hydroxylation sites is 1. The van der Waals surface area contributed by atoms with Crippen molar-refractivity contribution in [3.8, 4) is 0 Å². The number of nitrogens with zero attached hydrogens (tertiary/aromatic N) is 6. The fourth-order valence-electron chi connectivity index (χ4n) is 8.02. The molecule has 2 aliphatic rings. The average molecular weight is 1040 g/mol. The maximum atomic E-state index is 14.3. The van der Waals surface area contributed by atoms with E-state index in [0.29, 0.717) is 27.9 Å².